The third-order valence-corrected chi connectivity index (χ3v) is 3.99. The summed E-state index contributed by atoms with van der Waals surface area (Å²) in [5, 5.41) is 9.52. The minimum atomic E-state index is -0.350. The lowest BCUT2D eigenvalue weighted by Gasteiger charge is -2.37. The van der Waals surface area contributed by atoms with Crippen LogP contribution in [0.3, 0.4) is 0 Å². The van der Waals surface area contributed by atoms with Crippen LogP contribution in [0.5, 0.6) is 5.75 Å². The first-order chi connectivity index (χ1) is 9.40. The van der Waals surface area contributed by atoms with E-state index in [1.807, 2.05) is 6.92 Å². The zero-order valence-electron chi connectivity index (χ0n) is 11.8. The molecule has 1 heterocycles. The first-order valence-electron chi connectivity index (χ1n) is 6.80. The topological polar surface area (TPSA) is 83.6 Å². The molecule has 0 spiro atoms. The molecule has 0 aromatic heterocycles. The fourth-order valence-corrected chi connectivity index (χ4v) is 2.58. The Morgan fingerprint density at radius 1 is 1.35 bits per heavy atom. The average Bonchev–Trinajstić information content (AvgIpc) is 2.41. The molecule has 1 aliphatic rings. The summed E-state index contributed by atoms with van der Waals surface area (Å²) in [4.78, 5) is 25.5. The molecule has 0 bridgehead atoms. The molecular weight excluding hydrogens is 256 g/mol. The molecule has 1 saturated heterocycles. The number of primary amides is 1. The molecule has 0 radical (unpaired) electrons. The van der Waals surface area contributed by atoms with E-state index in [4.69, 9.17) is 5.73 Å². The van der Waals surface area contributed by atoms with Crippen LogP contribution in [0.25, 0.3) is 0 Å². The van der Waals surface area contributed by atoms with Crippen molar-refractivity contribution < 1.29 is 14.7 Å². The largest absolute Gasteiger partial charge is 0.508 e. The van der Waals surface area contributed by atoms with Crippen LogP contribution in [0, 0.1) is 12.8 Å². The van der Waals surface area contributed by atoms with E-state index in [1.165, 1.54) is 6.07 Å². The first-order valence-corrected chi connectivity index (χ1v) is 6.80. The number of hydrogen-bond acceptors (Lipinski definition) is 3. The van der Waals surface area contributed by atoms with Gasteiger partial charge in [0, 0.05) is 18.2 Å². The minimum absolute atomic E-state index is 0.0900. The standard InChI is InChI=1S/C15H20N2O3/c1-9-7-11(5-6-13(9)18)15(20)17-8-12(14(16)19)4-3-10(17)2/h5-7,10,12,18H,3-4,8H2,1-2H3,(H2,16,19). The molecule has 20 heavy (non-hydrogen) atoms. The summed E-state index contributed by atoms with van der Waals surface area (Å²) in [6, 6.07) is 4.87. The van der Waals surface area contributed by atoms with Crippen molar-refractivity contribution in [3.8, 4) is 5.75 Å². The summed E-state index contributed by atoms with van der Waals surface area (Å²) >= 11 is 0. The molecule has 1 aromatic carbocycles. The Hall–Kier alpha value is -2.04. The van der Waals surface area contributed by atoms with Gasteiger partial charge >= 0.3 is 0 Å². The molecule has 2 atom stereocenters. The highest BCUT2D eigenvalue weighted by Gasteiger charge is 2.32. The van der Waals surface area contributed by atoms with Crippen LogP contribution in [-0.4, -0.2) is 34.4 Å². The lowest BCUT2D eigenvalue weighted by atomic mass is 9.92. The molecule has 0 saturated carbocycles. The normalized spacial score (nSPS) is 22.6. The van der Waals surface area contributed by atoms with Crippen LogP contribution < -0.4 is 5.73 Å². The fourth-order valence-electron chi connectivity index (χ4n) is 2.58. The number of phenolic OH excluding ortho intramolecular Hbond substituents is 1. The maximum Gasteiger partial charge on any atom is 0.254 e. The second-order valence-electron chi connectivity index (χ2n) is 5.48. The summed E-state index contributed by atoms with van der Waals surface area (Å²) in [6.07, 6.45) is 1.51. The van der Waals surface area contributed by atoms with Crippen LogP contribution in [0.1, 0.15) is 35.7 Å². The van der Waals surface area contributed by atoms with Gasteiger partial charge in [-0.15, -0.1) is 0 Å². The van der Waals surface area contributed by atoms with E-state index in [2.05, 4.69) is 0 Å². The van der Waals surface area contributed by atoms with Crippen molar-refractivity contribution in [3.63, 3.8) is 0 Å². The third-order valence-electron chi connectivity index (χ3n) is 3.99. The highest BCUT2D eigenvalue weighted by atomic mass is 16.3. The third kappa shape index (κ3) is 2.76. The van der Waals surface area contributed by atoms with E-state index in [-0.39, 0.29) is 29.5 Å². The summed E-state index contributed by atoms with van der Waals surface area (Å²) in [6.45, 7) is 4.09. The Balaban J connectivity index is 2.21. The number of nitrogens with two attached hydrogens (primary N) is 1. The first kappa shape index (κ1) is 14.4. The van der Waals surface area contributed by atoms with Gasteiger partial charge in [-0.3, -0.25) is 9.59 Å². The van der Waals surface area contributed by atoms with Gasteiger partial charge in [0.25, 0.3) is 5.91 Å². The van der Waals surface area contributed by atoms with Crippen molar-refractivity contribution in [3.05, 3.63) is 29.3 Å². The van der Waals surface area contributed by atoms with Crippen LogP contribution >= 0.6 is 0 Å². The number of aromatic hydroxyl groups is 1. The number of hydrogen-bond donors (Lipinski definition) is 2. The number of carbonyl (C=O) groups is 2. The summed E-state index contributed by atoms with van der Waals surface area (Å²) in [7, 11) is 0. The molecule has 2 amide bonds. The molecule has 3 N–H and O–H groups in total. The SMILES string of the molecule is Cc1cc(C(=O)N2CC(C(N)=O)CCC2C)ccc1O. The zero-order valence-corrected chi connectivity index (χ0v) is 11.8. The van der Waals surface area contributed by atoms with Gasteiger partial charge in [0.05, 0.1) is 5.92 Å². The molecule has 1 aliphatic heterocycles. The lowest BCUT2D eigenvalue weighted by Crippen LogP contribution is -2.48. The van der Waals surface area contributed by atoms with Crippen molar-refractivity contribution in [2.45, 2.75) is 32.7 Å². The van der Waals surface area contributed by atoms with Gasteiger partial charge in [0.1, 0.15) is 5.75 Å². The zero-order chi connectivity index (χ0) is 14.9. The Kier molecular flexibility index (Phi) is 3.97. The maximum absolute atomic E-state index is 12.5. The van der Waals surface area contributed by atoms with Gasteiger partial charge < -0.3 is 15.7 Å². The van der Waals surface area contributed by atoms with Gasteiger partial charge in [-0.1, -0.05) is 0 Å². The van der Waals surface area contributed by atoms with Gasteiger partial charge in [-0.25, -0.2) is 0 Å². The van der Waals surface area contributed by atoms with Gasteiger partial charge in [0.15, 0.2) is 0 Å². The summed E-state index contributed by atoms with van der Waals surface area (Å²) in [5.41, 5.74) is 6.53. The summed E-state index contributed by atoms with van der Waals surface area (Å²) < 4.78 is 0. The highest BCUT2D eigenvalue weighted by molar-refractivity contribution is 5.95. The number of carbonyl (C=O) groups excluding carboxylic acids is 2. The molecule has 2 rings (SSSR count). The Bertz CT molecular complexity index is 542. The number of benzene rings is 1. The minimum Gasteiger partial charge on any atom is -0.508 e. The Labute approximate surface area is 118 Å². The van der Waals surface area contributed by atoms with Gasteiger partial charge in [0.2, 0.25) is 5.91 Å². The molecule has 108 valence electrons. The lowest BCUT2D eigenvalue weighted by molar-refractivity contribution is -0.123. The van der Waals surface area contributed by atoms with Crippen molar-refractivity contribution in [1.82, 2.24) is 4.90 Å². The van der Waals surface area contributed by atoms with Gasteiger partial charge in [-0.05, 0) is 50.5 Å². The van der Waals surface area contributed by atoms with E-state index in [0.29, 0.717) is 17.7 Å². The molecular formula is C15H20N2O3. The molecule has 0 aliphatic carbocycles. The predicted molar refractivity (Wildman–Crippen MR) is 75.3 cm³/mol. The van der Waals surface area contributed by atoms with Crippen LogP contribution in [0.4, 0.5) is 0 Å². The molecule has 5 heteroatoms. The number of amides is 2. The Morgan fingerprint density at radius 2 is 2.05 bits per heavy atom. The number of rotatable bonds is 2. The van der Waals surface area contributed by atoms with Crippen LogP contribution in [-0.2, 0) is 4.79 Å². The predicted octanol–water partition coefficient (Wildman–Crippen LogP) is 1.43. The van der Waals surface area contributed by atoms with Crippen molar-refractivity contribution in [1.29, 1.82) is 0 Å². The number of aryl methyl sites for hydroxylation is 1. The van der Waals surface area contributed by atoms with Crippen molar-refractivity contribution >= 4 is 11.8 Å². The monoisotopic (exact) mass is 276 g/mol. The number of phenols is 1. The average molecular weight is 276 g/mol. The van der Waals surface area contributed by atoms with Crippen molar-refractivity contribution in [2.75, 3.05) is 6.54 Å². The highest BCUT2D eigenvalue weighted by Crippen LogP contribution is 2.25. The fraction of sp³-hybridized carbons (Fsp3) is 0.467. The number of likely N-dealkylation sites (tertiary alicyclic amines) is 1. The summed E-state index contributed by atoms with van der Waals surface area (Å²) in [5.74, 6) is -0.570. The second kappa shape index (κ2) is 5.53. The van der Waals surface area contributed by atoms with Crippen molar-refractivity contribution in [2.24, 2.45) is 11.7 Å². The smallest absolute Gasteiger partial charge is 0.254 e. The molecule has 1 fully saturated rings. The van der Waals surface area contributed by atoms with E-state index >= 15 is 0 Å². The van der Waals surface area contributed by atoms with Crippen LogP contribution in [0.15, 0.2) is 18.2 Å². The number of piperidine rings is 1. The van der Waals surface area contributed by atoms with Gasteiger partial charge in [-0.2, -0.15) is 0 Å². The molecule has 1 aromatic rings. The number of nitrogens with zero attached hydrogens (tertiary/aromatic N) is 1. The van der Waals surface area contributed by atoms with E-state index in [1.54, 1.807) is 24.0 Å². The maximum atomic E-state index is 12.5. The van der Waals surface area contributed by atoms with Crippen LogP contribution in [0.2, 0.25) is 0 Å². The van der Waals surface area contributed by atoms with E-state index in [0.717, 1.165) is 12.8 Å². The van der Waals surface area contributed by atoms with E-state index < -0.39 is 0 Å². The molecule has 2 unspecified atom stereocenters. The quantitative estimate of drug-likeness (QED) is 0.857. The molecule has 5 nitrogen and oxygen atoms in total. The Morgan fingerprint density at radius 3 is 2.65 bits per heavy atom. The van der Waals surface area contributed by atoms with E-state index in [9.17, 15) is 14.7 Å². The second-order valence-corrected chi connectivity index (χ2v) is 5.48.